The third kappa shape index (κ3) is 5.16. The summed E-state index contributed by atoms with van der Waals surface area (Å²) in [5.41, 5.74) is 2.85. The van der Waals surface area contributed by atoms with Crippen molar-refractivity contribution in [3.8, 4) is 5.75 Å². The number of halogens is 1. The maximum Gasteiger partial charge on any atom is 0.184 e. The summed E-state index contributed by atoms with van der Waals surface area (Å²) in [7, 11) is 1.68. The number of benzene rings is 3. The van der Waals surface area contributed by atoms with Crippen LogP contribution in [0.15, 0.2) is 78.9 Å². The zero-order valence-electron chi connectivity index (χ0n) is 17.7. The molecule has 3 aromatic carbocycles. The average Bonchev–Trinajstić information content (AvgIpc) is 2.82. The summed E-state index contributed by atoms with van der Waals surface area (Å²) >= 11 is 6.53. The number of rotatable bonds is 7. The molecule has 1 atom stereocenters. The molecule has 0 radical (unpaired) electrons. The van der Waals surface area contributed by atoms with Gasteiger partial charge in [-0.05, 0) is 29.3 Å². The molecule has 1 aliphatic heterocycles. The van der Waals surface area contributed by atoms with Crippen LogP contribution in [0.3, 0.4) is 0 Å². The van der Waals surface area contributed by atoms with E-state index in [9.17, 15) is 4.79 Å². The largest absolute Gasteiger partial charge is 0.497 e. The van der Waals surface area contributed by atoms with Crippen LogP contribution < -0.4 is 4.74 Å². The van der Waals surface area contributed by atoms with Gasteiger partial charge >= 0.3 is 0 Å². The van der Waals surface area contributed by atoms with Gasteiger partial charge in [-0.1, -0.05) is 72.3 Å². The summed E-state index contributed by atoms with van der Waals surface area (Å²) in [6.45, 7) is 4.31. The zero-order valence-corrected chi connectivity index (χ0v) is 18.5. The number of nitrogens with zero attached hydrogens (tertiary/aromatic N) is 2. The maximum absolute atomic E-state index is 13.5. The fourth-order valence-electron chi connectivity index (χ4n) is 4.13. The third-order valence-corrected chi connectivity index (χ3v) is 6.19. The van der Waals surface area contributed by atoms with Gasteiger partial charge in [0.15, 0.2) is 5.78 Å². The summed E-state index contributed by atoms with van der Waals surface area (Å²) in [5.74, 6) is 0.966. The fourth-order valence-corrected chi connectivity index (χ4v) is 4.37. The Labute approximate surface area is 189 Å². The van der Waals surface area contributed by atoms with E-state index >= 15 is 0 Å². The smallest absolute Gasteiger partial charge is 0.184 e. The van der Waals surface area contributed by atoms with E-state index in [4.69, 9.17) is 16.3 Å². The van der Waals surface area contributed by atoms with Crippen molar-refractivity contribution in [3.63, 3.8) is 0 Å². The minimum absolute atomic E-state index is 0.0947. The normalized spacial score (nSPS) is 16.1. The van der Waals surface area contributed by atoms with Gasteiger partial charge in [-0.25, -0.2) is 0 Å². The number of ether oxygens (including phenoxy) is 1. The number of carbonyl (C=O) groups is 1. The van der Waals surface area contributed by atoms with Gasteiger partial charge in [-0.2, -0.15) is 0 Å². The van der Waals surface area contributed by atoms with Crippen LogP contribution in [0.5, 0.6) is 5.75 Å². The highest BCUT2D eigenvalue weighted by atomic mass is 35.5. The van der Waals surface area contributed by atoms with Crippen LogP contribution in [0.1, 0.15) is 27.5 Å². The molecule has 160 valence electrons. The third-order valence-electron chi connectivity index (χ3n) is 5.84. The van der Waals surface area contributed by atoms with Crippen LogP contribution in [-0.2, 0) is 6.54 Å². The Kier molecular flexibility index (Phi) is 7.03. The second kappa shape index (κ2) is 10.1. The summed E-state index contributed by atoms with van der Waals surface area (Å²) in [6, 6.07) is 25.0. The van der Waals surface area contributed by atoms with Crippen molar-refractivity contribution in [1.82, 2.24) is 9.80 Å². The van der Waals surface area contributed by atoms with E-state index in [1.54, 1.807) is 7.11 Å². The van der Waals surface area contributed by atoms with Crippen molar-refractivity contribution >= 4 is 17.4 Å². The van der Waals surface area contributed by atoms with Gasteiger partial charge in [0.1, 0.15) is 11.8 Å². The number of Topliss-reactive ketones (excluding diaryl/α,β-unsaturated/α-hetero) is 1. The van der Waals surface area contributed by atoms with E-state index < -0.39 is 0 Å². The summed E-state index contributed by atoms with van der Waals surface area (Å²) in [5, 5.41) is 0.637. The van der Waals surface area contributed by atoms with Crippen LogP contribution >= 0.6 is 11.6 Å². The van der Waals surface area contributed by atoms with Gasteiger partial charge in [0.25, 0.3) is 0 Å². The molecule has 4 rings (SSSR count). The lowest BCUT2D eigenvalue weighted by Gasteiger charge is -2.39. The highest BCUT2D eigenvalue weighted by molar-refractivity contribution is 6.31. The number of ketones is 1. The Hall–Kier alpha value is -2.66. The molecule has 0 bridgehead atoms. The quantitative estimate of drug-likeness (QED) is 0.485. The van der Waals surface area contributed by atoms with Gasteiger partial charge in [0.05, 0.1) is 7.11 Å². The van der Waals surface area contributed by atoms with Crippen molar-refractivity contribution in [2.45, 2.75) is 12.6 Å². The first kappa shape index (κ1) is 21.6. The molecular formula is C26H27ClN2O2. The molecule has 1 saturated heterocycles. The summed E-state index contributed by atoms with van der Waals surface area (Å²) < 4.78 is 5.25. The molecule has 5 heteroatoms. The highest BCUT2D eigenvalue weighted by Gasteiger charge is 2.32. The van der Waals surface area contributed by atoms with Crippen LogP contribution in [0.25, 0.3) is 0 Å². The molecule has 31 heavy (non-hydrogen) atoms. The number of carbonyl (C=O) groups excluding carboxylic acids is 1. The van der Waals surface area contributed by atoms with Gasteiger partial charge in [-0.15, -0.1) is 0 Å². The Morgan fingerprint density at radius 3 is 2.19 bits per heavy atom. The predicted molar refractivity (Wildman–Crippen MR) is 125 cm³/mol. The molecule has 0 amide bonds. The molecule has 1 unspecified atom stereocenters. The van der Waals surface area contributed by atoms with Gasteiger partial charge in [0.2, 0.25) is 0 Å². The molecule has 1 fully saturated rings. The first-order valence-electron chi connectivity index (χ1n) is 10.6. The van der Waals surface area contributed by atoms with Crippen molar-refractivity contribution in [3.05, 3.63) is 101 Å². The molecular weight excluding hydrogens is 408 g/mol. The lowest BCUT2D eigenvalue weighted by Crippen LogP contribution is -2.48. The minimum Gasteiger partial charge on any atom is -0.497 e. The Morgan fingerprint density at radius 1 is 0.903 bits per heavy atom. The predicted octanol–water partition coefficient (Wildman–Crippen LogP) is 5.09. The monoisotopic (exact) mass is 434 g/mol. The van der Waals surface area contributed by atoms with Gasteiger partial charge in [-0.3, -0.25) is 14.6 Å². The Balaban J connectivity index is 1.49. The molecule has 0 saturated carbocycles. The van der Waals surface area contributed by atoms with Crippen LogP contribution in [0.2, 0.25) is 5.02 Å². The first-order valence-corrected chi connectivity index (χ1v) is 11.0. The lowest BCUT2D eigenvalue weighted by molar-refractivity contribution is 0.0650. The second-order valence-corrected chi connectivity index (χ2v) is 8.22. The van der Waals surface area contributed by atoms with E-state index in [1.165, 1.54) is 5.56 Å². The minimum atomic E-state index is -0.376. The van der Waals surface area contributed by atoms with E-state index in [0.717, 1.165) is 44.0 Å². The van der Waals surface area contributed by atoms with Crippen LogP contribution in [0.4, 0.5) is 0 Å². The van der Waals surface area contributed by atoms with Gasteiger partial charge < -0.3 is 4.74 Å². The van der Waals surface area contributed by atoms with E-state index in [2.05, 4.69) is 21.9 Å². The summed E-state index contributed by atoms with van der Waals surface area (Å²) in [4.78, 5) is 18.2. The molecule has 0 spiro atoms. The van der Waals surface area contributed by atoms with Crippen LogP contribution in [-0.4, -0.2) is 48.9 Å². The number of hydrogen-bond donors (Lipinski definition) is 0. The highest BCUT2D eigenvalue weighted by Crippen LogP contribution is 2.31. The number of methoxy groups -OCH3 is 1. The average molecular weight is 435 g/mol. The molecule has 1 heterocycles. The fraction of sp³-hybridized carbons (Fsp3) is 0.269. The Morgan fingerprint density at radius 2 is 1.55 bits per heavy atom. The standard InChI is InChI=1S/C26H27ClN2O2/c1-31-22-13-11-20(12-14-22)19-28-15-17-29(18-16-28)25(23-9-5-6-10-24(23)27)26(30)21-7-3-2-4-8-21/h2-14,25H,15-19H2,1H3. The van der Waals surface area contributed by atoms with E-state index in [-0.39, 0.29) is 11.8 Å². The molecule has 1 aliphatic rings. The summed E-state index contributed by atoms with van der Waals surface area (Å²) in [6.07, 6.45) is 0. The van der Waals surface area contributed by atoms with Crippen LogP contribution in [0, 0.1) is 0 Å². The maximum atomic E-state index is 13.5. The molecule has 0 N–H and O–H groups in total. The lowest BCUT2D eigenvalue weighted by atomic mass is 9.95. The molecule has 0 aliphatic carbocycles. The second-order valence-electron chi connectivity index (χ2n) is 7.81. The molecule has 0 aromatic heterocycles. The Bertz CT molecular complexity index is 999. The number of piperazine rings is 1. The van der Waals surface area contributed by atoms with Crippen molar-refractivity contribution in [2.24, 2.45) is 0 Å². The molecule has 3 aromatic rings. The van der Waals surface area contributed by atoms with Crippen molar-refractivity contribution in [1.29, 1.82) is 0 Å². The zero-order chi connectivity index (χ0) is 21.6. The first-order chi connectivity index (χ1) is 15.2. The van der Waals surface area contributed by atoms with Crippen molar-refractivity contribution < 1.29 is 9.53 Å². The van der Waals surface area contributed by atoms with E-state index in [1.807, 2.05) is 66.7 Å². The SMILES string of the molecule is COc1ccc(CN2CCN(C(C(=O)c3ccccc3)c3ccccc3Cl)CC2)cc1. The molecule has 4 nitrogen and oxygen atoms in total. The topological polar surface area (TPSA) is 32.8 Å². The van der Waals surface area contributed by atoms with E-state index in [0.29, 0.717) is 10.6 Å². The van der Waals surface area contributed by atoms with Gasteiger partial charge in [0, 0.05) is 43.3 Å². The number of hydrogen-bond acceptors (Lipinski definition) is 4. The van der Waals surface area contributed by atoms with Crippen molar-refractivity contribution in [2.75, 3.05) is 33.3 Å².